The molecule has 2 fully saturated rings. The van der Waals surface area contributed by atoms with Crippen LogP contribution in [0.3, 0.4) is 0 Å². The molecule has 1 aliphatic carbocycles. The zero-order chi connectivity index (χ0) is 8.77. The summed E-state index contributed by atoms with van der Waals surface area (Å²) in [6.45, 7) is 1.88. The lowest BCUT2D eigenvalue weighted by Gasteiger charge is -2.30. The standard InChI is InChI=1S/C9H12NO2/c1-9-5-3-2-4-6(9)7(11)10-8(9)12/h6H,2-5H2,1H3. The molecule has 1 heterocycles. The molecule has 1 radical (unpaired) electrons. The van der Waals surface area contributed by atoms with Crippen LogP contribution in [0.5, 0.6) is 0 Å². The molecule has 2 aliphatic rings. The number of hydrogen-bond donors (Lipinski definition) is 0. The van der Waals surface area contributed by atoms with Gasteiger partial charge in [-0.05, 0) is 19.8 Å². The van der Waals surface area contributed by atoms with E-state index in [0.717, 1.165) is 25.7 Å². The van der Waals surface area contributed by atoms with Gasteiger partial charge in [-0.25, -0.2) is 0 Å². The topological polar surface area (TPSA) is 48.2 Å². The van der Waals surface area contributed by atoms with Crippen molar-refractivity contribution in [3.63, 3.8) is 0 Å². The van der Waals surface area contributed by atoms with Crippen molar-refractivity contribution in [3.8, 4) is 0 Å². The van der Waals surface area contributed by atoms with Gasteiger partial charge in [0.2, 0.25) is 0 Å². The smallest absolute Gasteiger partial charge is 0.255 e. The van der Waals surface area contributed by atoms with Gasteiger partial charge in [-0.1, -0.05) is 12.8 Å². The van der Waals surface area contributed by atoms with Gasteiger partial charge in [0.15, 0.2) is 0 Å². The predicted octanol–water partition coefficient (Wildman–Crippen LogP) is 0.854. The highest BCUT2D eigenvalue weighted by Gasteiger charge is 2.53. The minimum Gasteiger partial charge on any atom is -0.272 e. The number of amides is 2. The van der Waals surface area contributed by atoms with Crippen molar-refractivity contribution in [1.82, 2.24) is 5.32 Å². The Bertz CT molecular complexity index is 249. The van der Waals surface area contributed by atoms with Gasteiger partial charge in [-0.15, -0.1) is 0 Å². The van der Waals surface area contributed by atoms with E-state index >= 15 is 0 Å². The number of rotatable bonds is 0. The highest BCUT2D eigenvalue weighted by molar-refractivity contribution is 6.06. The van der Waals surface area contributed by atoms with Crippen LogP contribution >= 0.6 is 0 Å². The Hall–Kier alpha value is -0.860. The Morgan fingerprint density at radius 3 is 2.83 bits per heavy atom. The molecule has 65 valence electrons. The van der Waals surface area contributed by atoms with Crippen LogP contribution in [0.2, 0.25) is 0 Å². The lowest BCUT2D eigenvalue weighted by Crippen LogP contribution is -2.33. The van der Waals surface area contributed by atoms with Crippen LogP contribution in [0.15, 0.2) is 0 Å². The Labute approximate surface area is 71.5 Å². The van der Waals surface area contributed by atoms with E-state index in [1.54, 1.807) is 0 Å². The van der Waals surface area contributed by atoms with Crippen LogP contribution in [-0.4, -0.2) is 11.8 Å². The van der Waals surface area contributed by atoms with Crippen molar-refractivity contribution >= 4 is 11.8 Å². The first-order chi connectivity index (χ1) is 5.64. The van der Waals surface area contributed by atoms with Crippen LogP contribution in [0.4, 0.5) is 0 Å². The van der Waals surface area contributed by atoms with Gasteiger partial charge in [0.1, 0.15) is 0 Å². The molecule has 1 saturated heterocycles. The van der Waals surface area contributed by atoms with E-state index in [1.165, 1.54) is 0 Å². The summed E-state index contributed by atoms with van der Waals surface area (Å²) in [5.41, 5.74) is -0.435. The Morgan fingerprint density at radius 1 is 1.42 bits per heavy atom. The first-order valence-electron chi connectivity index (χ1n) is 4.44. The van der Waals surface area contributed by atoms with Gasteiger partial charge in [-0.3, -0.25) is 9.59 Å². The fourth-order valence-electron chi connectivity index (χ4n) is 2.29. The van der Waals surface area contributed by atoms with E-state index < -0.39 is 5.41 Å². The molecular weight excluding hydrogens is 154 g/mol. The zero-order valence-electron chi connectivity index (χ0n) is 7.17. The fraction of sp³-hybridized carbons (Fsp3) is 0.778. The average Bonchev–Trinajstić information content (AvgIpc) is 2.25. The third kappa shape index (κ3) is 0.822. The Morgan fingerprint density at radius 2 is 2.17 bits per heavy atom. The summed E-state index contributed by atoms with van der Waals surface area (Å²) in [4.78, 5) is 22.6. The molecule has 12 heavy (non-hydrogen) atoms. The molecule has 0 spiro atoms. The van der Waals surface area contributed by atoms with Crippen molar-refractivity contribution in [3.05, 3.63) is 0 Å². The Kier molecular flexibility index (Phi) is 1.50. The first kappa shape index (κ1) is 7.77. The van der Waals surface area contributed by atoms with Crippen molar-refractivity contribution < 1.29 is 9.59 Å². The largest absolute Gasteiger partial charge is 0.272 e. The number of hydrogen-bond acceptors (Lipinski definition) is 2. The molecule has 0 aromatic heterocycles. The van der Waals surface area contributed by atoms with E-state index in [1.807, 2.05) is 6.92 Å². The van der Waals surface area contributed by atoms with Crippen molar-refractivity contribution in [2.45, 2.75) is 32.6 Å². The van der Waals surface area contributed by atoms with Gasteiger partial charge in [0.05, 0.1) is 11.3 Å². The number of carbonyl (C=O) groups excluding carboxylic acids is 2. The van der Waals surface area contributed by atoms with Gasteiger partial charge < -0.3 is 0 Å². The maximum atomic E-state index is 11.4. The normalized spacial score (nSPS) is 40.9. The van der Waals surface area contributed by atoms with E-state index in [9.17, 15) is 9.59 Å². The van der Waals surface area contributed by atoms with E-state index in [4.69, 9.17) is 0 Å². The quantitative estimate of drug-likeness (QED) is 0.501. The molecule has 1 aliphatic heterocycles. The monoisotopic (exact) mass is 166 g/mol. The lowest BCUT2D eigenvalue weighted by molar-refractivity contribution is -0.129. The summed E-state index contributed by atoms with van der Waals surface area (Å²) in [5.74, 6) is -0.460. The number of fused-ring (bicyclic) bond motifs is 1. The zero-order valence-corrected chi connectivity index (χ0v) is 7.17. The molecule has 0 N–H and O–H groups in total. The summed E-state index contributed by atoms with van der Waals surface area (Å²) < 4.78 is 0. The highest BCUT2D eigenvalue weighted by atomic mass is 16.2. The summed E-state index contributed by atoms with van der Waals surface area (Å²) in [6.07, 6.45) is 3.81. The van der Waals surface area contributed by atoms with Gasteiger partial charge >= 0.3 is 0 Å². The molecule has 2 amide bonds. The molecule has 2 unspecified atom stereocenters. The molecular formula is C9H12NO2. The lowest BCUT2D eigenvalue weighted by atomic mass is 9.69. The molecule has 0 aromatic rings. The minimum atomic E-state index is -0.435. The number of nitrogens with zero attached hydrogens (tertiary/aromatic N) is 1. The van der Waals surface area contributed by atoms with Crippen LogP contribution in [0.25, 0.3) is 0 Å². The average molecular weight is 166 g/mol. The molecule has 2 atom stereocenters. The van der Waals surface area contributed by atoms with Gasteiger partial charge in [0.25, 0.3) is 11.8 Å². The first-order valence-corrected chi connectivity index (χ1v) is 4.44. The molecule has 3 nitrogen and oxygen atoms in total. The van der Waals surface area contributed by atoms with Gasteiger partial charge in [0, 0.05) is 0 Å². The third-order valence-corrected chi connectivity index (χ3v) is 3.21. The summed E-state index contributed by atoms with van der Waals surface area (Å²) in [5, 5.41) is 3.53. The molecule has 0 aromatic carbocycles. The van der Waals surface area contributed by atoms with Gasteiger partial charge in [-0.2, -0.15) is 5.32 Å². The molecule has 3 heteroatoms. The Balaban J connectivity index is 2.33. The fourth-order valence-corrected chi connectivity index (χ4v) is 2.29. The second-order valence-electron chi connectivity index (χ2n) is 3.97. The second-order valence-corrected chi connectivity index (χ2v) is 3.97. The van der Waals surface area contributed by atoms with E-state index in [2.05, 4.69) is 5.32 Å². The minimum absolute atomic E-state index is 0.0984. The van der Waals surface area contributed by atoms with Crippen molar-refractivity contribution in [2.75, 3.05) is 0 Å². The summed E-state index contributed by atoms with van der Waals surface area (Å²) in [6, 6.07) is 0. The van der Waals surface area contributed by atoms with Crippen LogP contribution < -0.4 is 5.32 Å². The SMILES string of the molecule is CC12CCCCC1C(=O)[N]C2=O. The van der Waals surface area contributed by atoms with Crippen molar-refractivity contribution in [1.29, 1.82) is 0 Å². The van der Waals surface area contributed by atoms with E-state index in [-0.39, 0.29) is 17.7 Å². The van der Waals surface area contributed by atoms with Crippen LogP contribution in [0, 0.1) is 11.3 Å². The molecule has 1 saturated carbocycles. The number of imide groups is 1. The van der Waals surface area contributed by atoms with E-state index in [0.29, 0.717) is 0 Å². The summed E-state index contributed by atoms with van der Waals surface area (Å²) in [7, 11) is 0. The highest BCUT2D eigenvalue weighted by Crippen LogP contribution is 2.45. The van der Waals surface area contributed by atoms with Crippen LogP contribution in [-0.2, 0) is 9.59 Å². The number of carbonyl (C=O) groups is 2. The third-order valence-electron chi connectivity index (χ3n) is 3.21. The molecule has 0 bridgehead atoms. The maximum absolute atomic E-state index is 11.4. The predicted molar refractivity (Wildman–Crippen MR) is 42.2 cm³/mol. The molecule has 2 rings (SSSR count). The second kappa shape index (κ2) is 2.31. The summed E-state index contributed by atoms with van der Waals surface area (Å²) >= 11 is 0. The van der Waals surface area contributed by atoms with Crippen molar-refractivity contribution in [2.24, 2.45) is 11.3 Å². The van der Waals surface area contributed by atoms with Crippen LogP contribution in [0.1, 0.15) is 32.6 Å². The maximum Gasteiger partial charge on any atom is 0.255 e.